The molecule has 1 amide bonds. The summed E-state index contributed by atoms with van der Waals surface area (Å²) in [4.78, 5) is 14.2. The van der Waals surface area contributed by atoms with Gasteiger partial charge in [0.15, 0.2) is 11.4 Å². The molecule has 3 rings (SSSR count). The van der Waals surface area contributed by atoms with Gasteiger partial charge in [-0.05, 0) is 19.1 Å². The van der Waals surface area contributed by atoms with Crippen LogP contribution in [0.5, 0.6) is 5.75 Å². The second kappa shape index (κ2) is 6.81. The van der Waals surface area contributed by atoms with Crippen molar-refractivity contribution in [2.75, 3.05) is 19.6 Å². The first-order valence-electron chi connectivity index (χ1n) is 7.02. The molecule has 0 aliphatic carbocycles. The van der Waals surface area contributed by atoms with Gasteiger partial charge in [0.2, 0.25) is 0 Å². The standard InChI is InChI=1S/C15H18N4O2.ClH/c1-11-9-18(8-7-16-11)15(21)14-13(20)10-19(17-14)12-5-3-2-4-6-12;/h2-6,10-11,16,20H,7-9H2,1H3;1H. The molecule has 0 spiro atoms. The summed E-state index contributed by atoms with van der Waals surface area (Å²) >= 11 is 0. The van der Waals surface area contributed by atoms with E-state index in [2.05, 4.69) is 10.4 Å². The zero-order valence-electron chi connectivity index (χ0n) is 12.3. The van der Waals surface area contributed by atoms with Gasteiger partial charge in [-0.3, -0.25) is 4.79 Å². The van der Waals surface area contributed by atoms with Crippen LogP contribution in [-0.2, 0) is 0 Å². The third-order valence-corrected chi connectivity index (χ3v) is 3.57. The summed E-state index contributed by atoms with van der Waals surface area (Å²) in [7, 11) is 0. The molecule has 0 radical (unpaired) electrons. The third kappa shape index (κ3) is 3.23. The fraction of sp³-hybridized carbons (Fsp3) is 0.333. The molecule has 22 heavy (non-hydrogen) atoms. The van der Waals surface area contributed by atoms with Crippen LogP contribution < -0.4 is 5.32 Å². The Morgan fingerprint density at radius 3 is 2.77 bits per heavy atom. The third-order valence-electron chi connectivity index (χ3n) is 3.57. The average Bonchev–Trinajstić information content (AvgIpc) is 2.89. The van der Waals surface area contributed by atoms with Crippen LogP contribution in [0.3, 0.4) is 0 Å². The predicted octanol–water partition coefficient (Wildman–Crippen LogP) is 1.43. The smallest absolute Gasteiger partial charge is 0.278 e. The van der Waals surface area contributed by atoms with Gasteiger partial charge in [-0.2, -0.15) is 5.10 Å². The number of carbonyl (C=O) groups is 1. The number of nitrogens with one attached hydrogen (secondary N) is 1. The van der Waals surface area contributed by atoms with Gasteiger partial charge in [0, 0.05) is 25.7 Å². The lowest BCUT2D eigenvalue weighted by atomic mass is 10.2. The highest BCUT2D eigenvalue weighted by Gasteiger charge is 2.26. The number of hydrogen-bond donors (Lipinski definition) is 2. The van der Waals surface area contributed by atoms with E-state index in [0.29, 0.717) is 13.1 Å². The highest BCUT2D eigenvalue weighted by atomic mass is 35.5. The average molecular weight is 323 g/mol. The number of hydrogen-bond acceptors (Lipinski definition) is 4. The molecule has 1 atom stereocenters. The summed E-state index contributed by atoms with van der Waals surface area (Å²) < 4.78 is 1.52. The lowest BCUT2D eigenvalue weighted by molar-refractivity contribution is 0.0699. The van der Waals surface area contributed by atoms with E-state index in [1.807, 2.05) is 37.3 Å². The molecule has 7 heteroatoms. The molecule has 118 valence electrons. The summed E-state index contributed by atoms with van der Waals surface area (Å²) in [6.45, 7) is 4.03. The minimum Gasteiger partial charge on any atom is -0.504 e. The Balaban J connectivity index is 0.00000176. The van der Waals surface area contributed by atoms with Crippen LogP contribution in [0.1, 0.15) is 17.4 Å². The molecule has 1 aliphatic rings. The molecule has 2 heterocycles. The van der Waals surface area contributed by atoms with Gasteiger partial charge in [-0.1, -0.05) is 18.2 Å². The lowest BCUT2D eigenvalue weighted by Crippen LogP contribution is -2.51. The molecule has 1 saturated heterocycles. The van der Waals surface area contributed by atoms with E-state index in [4.69, 9.17) is 0 Å². The van der Waals surface area contributed by atoms with Crippen molar-refractivity contribution in [3.05, 3.63) is 42.2 Å². The molecule has 1 aliphatic heterocycles. The van der Waals surface area contributed by atoms with Crippen molar-refractivity contribution < 1.29 is 9.90 Å². The van der Waals surface area contributed by atoms with Crippen molar-refractivity contribution in [3.8, 4) is 11.4 Å². The summed E-state index contributed by atoms with van der Waals surface area (Å²) in [6, 6.07) is 9.66. The Hall–Kier alpha value is -2.05. The monoisotopic (exact) mass is 322 g/mol. The Morgan fingerprint density at radius 1 is 1.36 bits per heavy atom. The highest BCUT2D eigenvalue weighted by Crippen LogP contribution is 2.20. The van der Waals surface area contributed by atoms with Crippen molar-refractivity contribution in [1.29, 1.82) is 0 Å². The maximum Gasteiger partial charge on any atom is 0.278 e. The molecule has 0 saturated carbocycles. The minimum absolute atomic E-state index is 0. The molecule has 1 aromatic carbocycles. The van der Waals surface area contributed by atoms with E-state index >= 15 is 0 Å². The molecule has 6 nitrogen and oxygen atoms in total. The van der Waals surface area contributed by atoms with Crippen LogP contribution in [0, 0.1) is 0 Å². The van der Waals surface area contributed by atoms with Gasteiger partial charge in [-0.15, -0.1) is 12.4 Å². The molecule has 0 bridgehead atoms. The minimum atomic E-state index is -0.226. The van der Waals surface area contributed by atoms with E-state index in [9.17, 15) is 9.90 Å². The molecular formula is C15H19ClN4O2. The first kappa shape index (κ1) is 16.3. The van der Waals surface area contributed by atoms with Crippen LogP contribution in [0.2, 0.25) is 0 Å². The second-order valence-electron chi connectivity index (χ2n) is 5.25. The van der Waals surface area contributed by atoms with Gasteiger partial charge < -0.3 is 15.3 Å². The van der Waals surface area contributed by atoms with Crippen LogP contribution >= 0.6 is 12.4 Å². The zero-order valence-corrected chi connectivity index (χ0v) is 13.1. The number of halogens is 1. The van der Waals surface area contributed by atoms with Crippen molar-refractivity contribution >= 4 is 18.3 Å². The van der Waals surface area contributed by atoms with Gasteiger partial charge >= 0.3 is 0 Å². The van der Waals surface area contributed by atoms with Crippen molar-refractivity contribution in [2.45, 2.75) is 13.0 Å². The maximum atomic E-state index is 12.5. The van der Waals surface area contributed by atoms with Crippen LogP contribution in [0.4, 0.5) is 0 Å². The molecule has 1 aromatic heterocycles. The summed E-state index contributed by atoms with van der Waals surface area (Å²) in [5, 5.41) is 17.5. The van der Waals surface area contributed by atoms with E-state index in [0.717, 1.165) is 12.2 Å². The summed E-state index contributed by atoms with van der Waals surface area (Å²) in [6.07, 6.45) is 1.47. The normalized spacial score (nSPS) is 17.9. The fourth-order valence-electron chi connectivity index (χ4n) is 2.50. The van der Waals surface area contributed by atoms with Gasteiger partial charge in [0.05, 0.1) is 11.9 Å². The quantitative estimate of drug-likeness (QED) is 0.877. The summed E-state index contributed by atoms with van der Waals surface area (Å²) in [5.41, 5.74) is 0.911. The van der Waals surface area contributed by atoms with Gasteiger partial charge in [0.1, 0.15) is 0 Å². The number of para-hydroxylation sites is 1. The molecular weight excluding hydrogens is 304 g/mol. The number of aromatic hydroxyl groups is 1. The van der Waals surface area contributed by atoms with E-state index in [1.165, 1.54) is 10.9 Å². The molecule has 2 N–H and O–H groups in total. The number of piperazine rings is 1. The van der Waals surface area contributed by atoms with Crippen molar-refractivity contribution in [1.82, 2.24) is 20.0 Å². The van der Waals surface area contributed by atoms with E-state index in [-0.39, 0.29) is 35.8 Å². The van der Waals surface area contributed by atoms with Gasteiger partial charge in [0.25, 0.3) is 5.91 Å². The van der Waals surface area contributed by atoms with Crippen molar-refractivity contribution in [3.63, 3.8) is 0 Å². The van der Waals surface area contributed by atoms with E-state index < -0.39 is 0 Å². The fourth-order valence-corrected chi connectivity index (χ4v) is 2.50. The Morgan fingerprint density at radius 2 is 2.09 bits per heavy atom. The number of rotatable bonds is 2. The predicted molar refractivity (Wildman–Crippen MR) is 85.8 cm³/mol. The molecule has 1 fully saturated rings. The number of benzene rings is 1. The Kier molecular flexibility index (Phi) is 5.05. The SMILES string of the molecule is CC1CN(C(=O)c2nn(-c3ccccc3)cc2O)CCN1.Cl. The van der Waals surface area contributed by atoms with Crippen LogP contribution in [0.25, 0.3) is 5.69 Å². The molecule has 2 aromatic rings. The first-order valence-corrected chi connectivity index (χ1v) is 7.02. The van der Waals surface area contributed by atoms with Gasteiger partial charge in [-0.25, -0.2) is 4.68 Å². The number of carbonyl (C=O) groups excluding carboxylic acids is 1. The topological polar surface area (TPSA) is 70.4 Å². The van der Waals surface area contributed by atoms with Crippen LogP contribution in [-0.4, -0.2) is 51.4 Å². The molecule has 1 unspecified atom stereocenters. The van der Waals surface area contributed by atoms with Crippen LogP contribution in [0.15, 0.2) is 36.5 Å². The second-order valence-corrected chi connectivity index (χ2v) is 5.25. The zero-order chi connectivity index (χ0) is 14.8. The number of amides is 1. The number of nitrogens with zero attached hydrogens (tertiary/aromatic N) is 3. The number of aromatic nitrogens is 2. The maximum absolute atomic E-state index is 12.5. The largest absolute Gasteiger partial charge is 0.504 e. The first-order chi connectivity index (χ1) is 10.1. The Labute approximate surface area is 135 Å². The highest BCUT2D eigenvalue weighted by molar-refractivity contribution is 5.95. The van der Waals surface area contributed by atoms with E-state index in [1.54, 1.807) is 4.90 Å². The lowest BCUT2D eigenvalue weighted by Gasteiger charge is -2.31. The summed E-state index contributed by atoms with van der Waals surface area (Å²) in [5.74, 6) is -0.314. The Bertz CT molecular complexity index is 644. The van der Waals surface area contributed by atoms with Crippen molar-refractivity contribution in [2.24, 2.45) is 0 Å².